The predicted octanol–water partition coefficient (Wildman–Crippen LogP) is 5.00. The number of hydrogen-bond donors (Lipinski definition) is 1. The smallest absolute Gasteiger partial charge is 0.402 e. The van der Waals surface area contributed by atoms with E-state index in [-0.39, 0.29) is 0 Å². The first-order valence-corrected chi connectivity index (χ1v) is 7.74. The molecule has 0 saturated heterocycles. The van der Waals surface area contributed by atoms with Crippen LogP contribution in [0.1, 0.15) is 28.4 Å². The maximum atomic E-state index is 14.2. The first-order valence-electron chi connectivity index (χ1n) is 7.74. The van der Waals surface area contributed by atoms with Crippen LogP contribution in [0, 0.1) is 5.95 Å². The van der Waals surface area contributed by atoms with Gasteiger partial charge in [0.15, 0.2) is 5.78 Å². The molecule has 162 valence electrons. The number of aromatic nitrogens is 2. The Hall–Kier alpha value is -3.12. The van der Waals surface area contributed by atoms with Gasteiger partial charge in [-0.1, -0.05) is 6.07 Å². The molecule has 0 radical (unpaired) electrons. The second-order valence-electron chi connectivity index (χ2n) is 5.91. The first-order chi connectivity index (χ1) is 13.6. The van der Waals surface area contributed by atoms with Crippen molar-refractivity contribution in [3.8, 4) is 11.4 Å². The van der Waals surface area contributed by atoms with Crippen molar-refractivity contribution >= 4 is 5.78 Å². The molecule has 0 fully saturated rings. The van der Waals surface area contributed by atoms with E-state index >= 15 is 0 Å². The summed E-state index contributed by atoms with van der Waals surface area (Å²) in [6.45, 7) is 1.03. The van der Waals surface area contributed by atoms with Crippen LogP contribution in [0.3, 0.4) is 0 Å². The number of hydrogen-bond acceptors (Lipinski definition) is 4. The number of halogens is 9. The van der Waals surface area contributed by atoms with Gasteiger partial charge < -0.3 is 5.73 Å². The van der Waals surface area contributed by atoms with Gasteiger partial charge in [0.25, 0.3) is 0 Å². The summed E-state index contributed by atoms with van der Waals surface area (Å²) in [5.74, 6) is -10.7. The zero-order chi connectivity index (χ0) is 23.1. The molecular weight excluding hydrogens is 433 g/mol. The Morgan fingerprint density at radius 2 is 1.63 bits per heavy atom. The molecule has 0 atom stereocenters. The third kappa shape index (κ3) is 4.24. The lowest BCUT2D eigenvalue weighted by Crippen LogP contribution is -2.38. The van der Waals surface area contributed by atoms with Crippen molar-refractivity contribution in [2.75, 3.05) is 0 Å². The standard InChI is InChI=1S/C17H10F9N3O/c1-7(27)6-9(30)10-11(15(19,20)17(24,25)26)12(16(21,22)23)14(18)29-13(10)8-4-2-3-5-28-8/h2-6H,27H2,1H3/b7-6+. The van der Waals surface area contributed by atoms with Gasteiger partial charge in [-0.05, 0) is 19.1 Å². The Bertz CT molecular complexity index is 992. The maximum Gasteiger partial charge on any atom is 0.458 e. The zero-order valence-electron chi connectivity index (χ0n) is 14.7. The molecule has 13 heteroatoms. The number of ketones is 1. The molecule has 0 bridgehead atoms. The van der Waals surface area contributed by atoms with Crippen LogP contribution in [0.5, 0.6) is 0 Å². The third-order valence-electron chi connectivity index (χ3n) is 3.62. The van der Waals surface area contributed by atoms with E-state index in [2.05, 4.69) is 9.97 Å². The molecule has 4 nitrogen and oxygen atoms in total. The van der Waals surface area contributed by atoms with Gasteiger partial charge in [0.1, 0.15) is 11.3 Å². The molecule has 0 aliphatic heterocycles. The van der Waals surface area contributed by atoms with Crippen LogP contribution in [0.15, 0.2) is 36.2 Å². The largest absolute Gasteiger partial charge is 0.458 e. The summed E-state index contributed by atoms with van der Waals surface area (Å²) >= 11 is 0. The van der Waals surface area contributed by atoms with Crippen molar-refractivity contribution < 1.29 is 44.3 Å². The lowest BCUT2D eigenvalue weighted by Gasteiger charge is -2.26. The minimum absolute atomic E-state index is 0.317. The average molecular weight is 443 g/mol. The Kier molecular flexibility index (Phi) is 5.88. The van der Waals surface area contributed by atoms with Gasteiger partial charge in [-0.15, -0.1) is 0 Å². The van der Waals surface area contributed by atoms with Gasteiger partial charge in [0.2, 0.25) is 5.95 Å². The van der Waals surface area contributed by atoms with Gasteiger partial charge in [-0.25, -0.2) is 4.98 Å². The molecule has 0 saturated carbocycles. The van der Waals surface area contributed by atoms with E-state index in [4.69, 9.17) is 5.73 Å². The minimum Gasteiger partial charge on any atom is -0.402 e. The third-order valence-corrected chi connectivity index (χ3v) is 3.62. The van der Waals surface area contributed by atoms with Crippen LogP contribution >= 0.6 is 0 Å². The Balaban J connectivity index is 3.17. The Morgan fingerprint density at radius 3 is 2.07 bits per heavy atom. The van der Waals surface area contributed by atoms with E-state index in [1.54, 1.807) is 0 Å². The van der Waals surface area contributed by atoms with Crippen molar-refractivity contribution in [1.82, 2.24) is 9.97 Å². The van der Waals surface area contributed by atoms with Crippen molar-refractivity contribution in [2.24, 2.45) is 5.73 Å². The molecule has 0 aromatic carbocycles. The number of pyridine rings is 2. The van der Waals surface area contributed by atoms with E-state index < -0.39 is 63.8 Å². The fourth-order valence-electron chi connectivity index (χ4n) is 2.48. The minimum atomic E-state index is -6.60. The van der Waals surface area contributed by atoms with Crippen molar-refractivity contribution in [3.63, 3.8) is 0 Å². The highest BCUT2D eigenvalue weighted by atomic mass is 19.4. The zero-order valence-corrected chi connectivity index (χ0v) is 14.7. The second-order valence-corrected chi connectivity index (χ2v) is 5.91. The Labute approximate surface area is 162 Å². The monoisotopic (exact) mass is 443 g/mol. The number of rotatable bonds is 4. The van der Waals surface area contributed by atoms with E-state index in [0.717, 1.165) is 19.2 Å². The number of nitrogens with zero attached hydrogens (tertiary/aromatic N) is 2. The summed E-state index contributed by atoms with van der Waals surface area (Å²) in [5, 5.41) is 0. The quantitative estimate of drug-likeness (QED) is 0.313. The molecular formula is C17H10F9N3O. The molecule has 30 heavy (non-hydrogen) atoms. The van der Waals surface area contributed by atoms with Gasteiger partial charge in [-0.3, -0.25) is 9.78 Å². The van der Waals surface area contributed by atoms with Gasteiger partial charge in [0, 0.05) is 18.0 Å². The maximum absolute atomic E-state index is 14.2. The highest BCUT2D eigenvalue weighted by Crippen LogP contribution is 2.51. The van der Waals surface area contributed by atoms with E-state index in [0.29, 0.717) is 6.08 Å². The first kappa shape index (κ1) is 23.2. The number of carbonyl (C=O) groups excluding carboxylic acids is 1. The SMILES string of the molecule is C/C(N)=C\C(=O)c1c(-c2ccccn2)nc(F)c(C(F)(F)F)c1C(F)(F)C(F)(F)F. The van der Waals surface area contributed by atoms with Crippen LogP contribution in [0.2, 0.25) is 0 Å². The molecule has 2 aromatic rings. The molecule has 0 aliphatic rings. The van der Waals surface area contributed by atoms with Crippen molar-refractivity contribution in [1.29, 1.82) is 0 Å². The highest BCUT2D eigenvalue weighted by molar-refractivity contribution is 6.10. The van der Waals surface area contributed by atoms with E-state index in [1.807, 2.05) is 0 Å². The van der Waals surface area contributed by atoms with E-state index in [1.165, 1.54) is 12.1 Å². The molecule has 0 spiro atoms. The summed E-state index contributed by atoms with van der Waals surface area (Å²) < 4.78 is 122. The second kappa shape index (κ2) is 7.61. The van der Waals surface area contributed by atoms with Gasteiger partial charge in [0.05, 0.1) is 16.8 Å². The molecule has 0 aliphatic carbocycles. The lowest BCUT2D eigenvalue weighted by molar-refractivity contribution is -0.291. The molecule has 2 aromatic heterocycles. The average Bonchev–Trinajstić information content (AvgIpc) is 2.58. The number of allylic oxidation sites excluding steroid dienone is 2. The molecule has 2 heterocycles. The fraction of sp³-hybridized carbons (Fsp3) is 0.235. The van der Waals surface area contributed by atoms with Crippen molar-refractivity contribution in [3.05, 3.63) is 58.8 Å². The number of carbonyl (C=O) groups is 1. The normalized spacial score (nSPS) is 13.5. The summed E-state index contributed by atoms with van der Waals surface area (Å²) in [6, 6.07) is 3.36. The van der Waals surface area contributed by atoms with Crippen LogP contribution in [0.25, 0.3) is 11.4 Å². The van der Waals surface area contributed by atoms with E-state index in [9.17, 15) is 44.3 Å². The molecule has 2 N–H and O–H groups in total. The fourth-order valence-corrected chi connectivity index (χ4v) is 2.48. The van der Waals surface area contributed by atoms with Crippen LogP contribution in [0.4, 0.5) is 39.5 Å². The molecule has 0 amide bonds. The van der Waals surface area contributed by atoms with Crippen LogP contribution in [-0.2, 0) is 12.1 Å². The summed E-state index contributed by atoms with van der Waals surface area (Å²) in [5.41, 5.74) is -4.82. The Morgan fingerprint density at radius 1 is 1.03 bits per heavy atom. The topological polar surface area (TPSA) is 68.9 Å². The lowest BCUT2D eigenvalue weighted by atomic mass is 9.90. The van der Waals surface area contributed by atoms with Crippen LogP contribution < -0.4 is 5.73 Å². The van der Waals surface area contributed by atoms with Crippen molar-refractivity contribution in [2.45, 2.75) is 25.2 Å². The summed E-state index contributed by atoms with van der Waals surface area (Å²) in [6.07, 6.45) is -11.3. The molecule has 0 unspecified atom stereocenters. The predicted molar refractivity (Wildman–Crippen MR) is 84.7 cm³/mol. The highest BCUT2D eigenvalue weighted by Gasteiger charge is 2.64. The summed E-state index contributed by atoms with van der Waals surface area (Å²) in [4.78, 5) is 18.8. The number of alkyl halides is 8. The van der Waals surface area contributed by atoms with Gasteiger partial charge >= 0.3 is 18.3 Å². The summed E-state index contributed by atoms with van der Waals surface area (Å²) in [7, 11) is 0. The molecule has 2 rings (SSSR count). The number of nitrogens with two attached hydrogens (primary N) is 1. The van der Waals surface area contributed by atoms with Crippen LogP contribution in [-0.4, -0.2) is 21.9 Å². The van der Waals surface area contributed by atoms with Gasteiger partial charge in [-0.2, -0.15) is 39.5 Å².